The molecule has 3 heteroatoms. The highest BCUT2D eigenvalue weighted by Crippen LogP contribution is 2.32. The van der Waals surface area contributed by atoms with E-state index in [-0.39, 0.29) is 0 Å². The van der Waals surface area contributed by atoms with E-state index >= 15 is 0 Å². The molecule has 0 saturated heterocycles. The molecular formula is C16H16INO. The Morgan fingerprint density at radius 3 is 2.68 bits per heavy atom. The van der Waals surface area contributed by atoms with Crippen molar-refractivity contribution < 1.29 is 4.74 Å². The van der Waals surface area contributed by atoms with Crippen LogP contribution in [0.5, 0.6) is 5.75 Å². The summed E-state index contributed by atoms with van der Waals surface area (Å²) >= 11 is 2.34. The van der Waals surface area contributed by atoms with Gasteiger partial charge in [-0.25, -0.2) is 0 Å². The first kappa shape index (κ1) is 12.8. The third-order valence-corrected chi connectivity index (χ3v) is 4.28. The Morgan fingerprint density at radius 2 is 1.95 bits per heavy atom. The summed E-state index contributed by atoms with van der Waals surface area (Å²) in [6.07, 6.45) is 1.11. The fourth-order valence-electron chi connectivity index (χ4n) is 2.55. The first-order chi connectivity index (χ1) is 9.26. The lowest BCUT2D eigenvalue weighted by molar-refractivity contribution is 0.414. The summed E-state index contributed by atoms with van der Waals surface area (Å²) in [5, 5.41) is 0. The summed E-state index contributed by atoms with van der Waals surface area (Å²) in [4.78, 5) is 2.44. The van der Waals surface area contributed by atoms with Gasteiger partial charge in [-0.05, 0) is 70.5 Å². The van der Waals surface area contributed by atoms with Crippen LogP contribution in [0.3, 0.4) is 0 Å². The number of benzene rings is 2. The van der Waals surface area contributed by atoms with E-state index in [2.05, 4.69) is 63.9 Å². The van der Waals surface area contributed by atoms with Crippen molar-refractivity contribution in [3.05, 3.63) is 57.2 Å². The number of fused-ring (bicyclic) bond motifs is 1. The highest BCUT2D eigenvalue weighted by molar-refractivity contribution is 14.1. The summed E-state index contributed by atoms with van der Waals surface area (Å²) in [6.45, 7) is 2.07. The van der Waals surface area contributed by atoms with Crippen LogP contribution >= 0.6 is 22.6 Å². The lowest BCUT2D eigenvalue weighted by atomic mass is 10.1. The van der Waals surface area contributed by atoms with E-state index in [9.17, 15) is 0 Å². The van der Waals surface area contributed by atoms with Gasteiger partial charge in [-0.2, -0.15) is 0 Å². The maximum atomic E-state index is 5.29. The molecule has 0 amide bonds. The Kier molecular flexibility index (Phi) is 3.64. The summed E-state index contributed by atoms with van der Waals surface area (Å²) < 4.78 is 6.57. The molecule has 0 atom stereocenters. The molecule has 0 unspecified atom stereocenters. The van der Waals surface area contributed by atoms with E-state index < -0.39 is 0 Å². The van der Waals surface area contributed by atoms with Crippen molar-refractivity contribution in [1.29, 1.82) is 0 Å². The molecule has 0 aromatic heterocycles. The van der Waals surface area contributed by atoms with Crippen molar-refractivity contribution >= 4 is 28.3 Å². The molecule has 19 heavy (non-hydrogen) atoms. The van der Waals surface area contributed by atoms with Crippen LogP contribution in [0.25, 0.3) is 0 Å². The van der Waals surface area contributed by atoms with Gasteiger partial charge in [0, 0.05) is 22.3 Å². The highest BCUT2D eigenvalue weighted by Gasteiger charge is 2.19. The molecule has 1 aliphatic heterocycles. The number of hydrogen-bond donors (Lipinski definition) is 0. The Bertz CT molecular complexity index is 580. The smallest absolute Gasteiger partial charge is 0.119 e. The highest BCUT2D eigenvalue weighted by atomic mass is 127. The molecule has 3 rings (SSSR count). The predicted octanol–water partition coefficient (Wildman–Crippen LogP) is 3.86. The van der Waals surface area contributed by atoms with E-state index in [1.807, 2.05) is 6.07 Å². The van der Waals surface area contributed by atoms with Gasteiger partial charge in [0.1, 0.15) is 5.75 Å². The monoisotopic (exact) mass is 365 g/mol. The third-order valence-electron chi connectivity index (χ3n) is 3.57. The first-order valence-electron chi connectivity index (χ1n) is 6.42. The minimum absolute atomic E-state index is 0.954. The average Bonchev–Trinajstić information content (AvgIpc) is 2.83. The molecular weight excluding hydrogens is 349 g/mol. The van der Waals surface area contributed by atoms with Crippen LogP contribution in [0.2, 0.25) is 0 Å². The molecule has 0 radical (unpaired) electrons. The van der Waals surface area contributed by atoms with Gasteiger partial charge in [0.25, 0.3) is 0 Å². The van der Waals surface area contributed by atoms with Gasteiger partial charge < -0.3 is 9.64 Å². The van der Waals surface area contributed by atoms with Crippen LogP contribution in [0.4, 0.5) is 5.69 Å². The Hall–Kier alpha value is -1.23. The molecule has 0 aliphatic carbocycles. The Labute approximate surface area is 127 Å². The first-order valence-corrected chi connectivity index (χ1v) is 7.50. The second-order valence-corrected chi connectivity index (χ2v) is 6.04. The molecule has 2 nitrogen and oxygen atoms in total. The van der Waals surface area contributed by atoms with Gasteiger partial charge in [0.15, 0.2) is 0 Å². The standard InChI is InChI=1S/C16H16INO/c1-19-15-6-7-16-13(10-15)8-9-18(16)11-12-2-4-14(17)5-3-12/h2-7,10H,8-9,11H2,1H3. The molecule has 0 N–H and O–H groups in total. The number of nitrogens with zero attached hydrogens (tertiary/aromatic N) is 1. The number of methoxy groups -OCH3 is 1. The van der Waals surface area contributed by atoms with Crippen LogP contribution in [0.1, 0.15) is 11.1 Å². The third kappa shape index (κ3) is 2.71. The lowest BCUT2D eigenvalue weighted by Crippen LogP contribution is -2.19. The van der Waals surface area contributed by atoms with Crippen molar-refractivity contribution in [1.82, 2.24) is 0 Å². The fourth-order valence-corrected chi connectivity index (χ4v) is 2.91. The average molecular weight is 365 g/mol. The number of rotatable bonds is 3. The van der Waals surface area contributed by atoms with E-state index in [1.165, 1.54) is 20.4 Å². The maximum Gasteiger partial charge on any atom is 0.119 e. The van der Waals surface area contributed by atoms with Crippen LogP contribution < -0.4 is 9.64 Å². The molecule has 0 saturated carbocycles. The quantitative estimate of drug-likeness (QED) is 0.766. The van der Waals surface area contributed by atoms with Gasteiger partial charge in [-0.15, -0.1) is 0 Å². The van der Waals surface area contributed by atoms with Crippen molar-refractivity contribution in [3.8, 4) is 5.75 Å². The molecule has 1 aliphatic rings. The largest absolute Gasteiger partial charge is 0.497 e. The number of hydrogen-bond acceptors (Lipinski definition) is 2. The maximum absolute atomic E-state index is 5.29. The Morgan fingerprint density at radius 1 is 1.16 bits per heavy atom. The molecule has 0 spiro atoms. The summed E-state index contributed by atoms with van der Waals surface area (Å²) in [6, 6.07) is 15.1. The number of anilines is 1. The van der Waals surface area contributed by atoms with Crippen molar-refractivity contribution in [2.75, 3.05) is 18.6 Å². The van der Waals surface area contributed by atoms with Crippen LogP contribution in [0.15, 0.2) is 42.5 Å². The molecule has 1 heterocycles. The molecule has 2 aromatic carbocycles. The topological polar surface area (TPSA) is 12.5 Å². The lowest BCUT2D eigenvalue weighted by Gasteiger charge is -2.19. The number of halogens is 1. The minimum atomic E-state index is 0.954. The summed E-state index contributed by atoms with van der Waals surface area (Å²) in [5.74, 6) is 0.954. The van der Waals surface area contributed by atoms with E-state index in [1.54, 1.807) is 7.11 Å². The van der Waals surface area contributed by atoms with Gasteiger partial charge in [-0.3, -0.25) is 0 Å². The second kappa shape index (κ2) is 5.41. The second-order valence-electron chi connectivity index (χ2n) is 4.79. The summed E-state index contributed by atoms with van der Waals surface area (Å²) in [7, 11) is 1.72. The molecule has 0 bridgehead atoms. The molecule has 0 fully saturated rings. The Balaban J connectivity index is 1.80. The number of ether oxygens (including phenoxy) is 1. The van der Waals surface area contributed by atoms with Crippen molar-refractivity contribution in [3.63, 3.8) is 0 Å². The van der Waals surface area contributed by atoms with E-state index in [0.717, 1.165) is 25.3 Å². The molecule has 2 aromatic rings. The van der Waals surface area contributed by atoms with Crippen LogP contribution in [-0.2, 0) is 13.0 Å². The van der Waals surface area contributed by atoms with Gasteiger partial charge in [-0.1, -0.05) is 12.1 Å². The SMILES string of the molecule is COc1ccc2c(c1)CCN2Cc1ccc(I)cc1. The van der Waals surface area contributed by atoms with Crippen molar-refractivity contribution in [2.45, 2.75) is 13.0 Å². The van der Waals surface area contributed by atoms with Crippen molar-refractivity contribution in [2.24, 2.45) is 0 Å². The minimum Gasteiger partial charge on any atom is -0.497 e. The van der Waals surface area contributed by atoms with Gasteiger partial charge in [0.2, 0.25) is 0 Å². The normalized spacial score (nSPS) is 13.5. The molecule has 98 valence electrons. The zero-order valence-corrected chi connectivity index (χ0v) is 13.1. The zero-order valence-electron chi connectivity index (χ0n) is 10.9. The predicted molar refractivity (Wildman–Crippen MR) is 86.9 cm³/mol. The van der Waals surface area contributed by atoms with Gasteiger partial charge >= 0.3 is 0 Å². The van der Waals surface area contributed by atoms with Crippen LogP contribution in [0, 0.1) is 3.57 Å². The fraction of sp³-hybridized carbons (Fsp3) is 0.250. The zero-order chi connectivity index (χ0) is 13.2. The van der Waals surface area contributed by atoms with E-state index in [0.29, 0.717) is 0 Å². The van der Waals surface area contributed by atoms with Crippen LogP contribution in [-0.4, -0.2) is 13.7 Å². The summed E-state index contributed by atoms with van der Waals surface area (Å²) in [5.41, 5.74) is 4.10. The van der Waals surface area contributed by atoms with Gasteiger partial charge in [0.05, 0.1) is 7.11 Å². The van der Waals surface area contributed by atoms with E-state index in [4.69, 9.17) is 4.74 Å².